The lowest BCUT2D eigenvalue weighted by Crippen LogP contribution is -2.50. The maximum absolute atomic E-state index is 10.8. The summed E-state index contributed by atoms with van der Waals surface area (Å²) in [6, 6.07) is 0.346. The Kier molecular flexibility index (Phi) is 3.48. The van der Waals surface area contributed by atoms with Gasteiger partial charge >= 0.3 is 0 Å². The first kappa shape index (κ1) is 12.9. The Labute approximate surface area is 107 Å². The zero-order chi connectivity index (χ0) is 12.6. The van der Waals surface area contributed by atoms with Gasteiger partial charge in [-0.05, 0) is 25.1 Å². The number of hydrogen-bond donors (Lipinski definition) is 1. The number of nitrogens with zero attached hydrogens (tertiary/aromatic N) is 3. The predicted octanol–water partition coefficient (Wildman–Crippen LogP) is 2.02. The van der Waals surface area contributed by atoms with E-state index in [-0.39, 0.29) is 12.1 Å². The predicted molar refractivity (Wildman–Crippen MR) is 67.6 cm³/mol. The summed E-state index contributed by atoms with van der Waals surface area (Å²) in [5, 5.41) is 10.8. The molecule has 1 saturated heterocycles. The van der Waals surface area contributed by atoms with Gasteiger partial charge in [-0.15, -0.1) is 0 Å². The van der Waals surface area contributed by atoms with E-state index >= 15 is 0 Å². The molecule has 0 aromatic carbocycles. The Morgan fingerprint density at radius 2 is 2.29 bits per heavy atom. The van der Waals surface area contributed by atoms with Gasteiger partial charge < -0.3 is 9.67 Å². The van der Waals surface area contributed by atoms with Crippen LogP contribution in [0.2, 0.25) is 0 Å². The maximum atomic E-state index is 10.8. The Hall–Kier alpha value is -0.580. The molecule has 0 bridgehead atoms. The van der Waals surface area contributed by atoms with Crippen molar-refractivity contribution in [1.29, 1.82) is 0 Å². The first-order valence-corrected chi connectivity index (χ1v) is 6.46. The molecule has 1 N–H and O–H groups in total. The van der Waals surface area contributed by atoms with Crippen molar-refractivity contribution in [1.82, 2.24) is 14.0 Å². The second-order valence-electron chi connectivity index (χ2n) is 5.06. The number of rotatable bonds is 2. The van der Waals surface area contributed by atoms with Crippen LogP contribution in [-0.4, -0.2) is 31.2 Å². The molecule has 5 heteroatoms. The molecular formula is C12H20ClN3O. The lowest BCUT2D eigenvalue weighted by Gasteiger charge is -2.43. The monoisotopic (exact) mass is 257 g/mol. The van der Waals surface area contributed by atoms with Gasteiger partial charge in [0, 0.05) is 44.4 Å². The van der Waals surface area contributed by atoms with Gasteiger partial charge in [0.2, 0.25) is 0 Å². The molecule has 2 rings (SSSR count). The molecule has 3 atom stereocenters. The van der Waals surface area contributed by atoms with Crippen molar-refractivity contribution >= 4 is 11.8 Å². The first-order chi connectivity index (χ1) is 7.98. The van der Waals surface area contributed by atoms with Gasteiger partial charge in [-0.25, -0.2) is 9.40 Å². The minimum atomic E-state index is -0.857. The van der Waals surface area contributed by atoms with Crippen LogP contribution in [0.15, 0.2) is 12.4 Å². The fourth-order valence-corrected chi connectivity index (χ4v) is 3.09. The average Bonchev–Trinajstić information content (AvgIpc) is 2.71. The molecule has 0 radical (unpaired) electrons. The lowest BCUT2D eigenvalue weighted by molar-refractivity contribution is -0.0579. The zero-order valence-corrected chi connectivity index (χ0v) is 11.4. The van der Waals surface area contributed by atoms with Crippen LogP contribution in [0, 0.1) is 0 Å². The molecule has 4 nitrogen and oxygen atoms in total. The van der Waals surface area contributed by atoms with E-state index in [0.717, 1.165) is 12.2 Å². The van der Waals surface area contributed by atoms with Gasteiger partial charge in [0.05, 0.1) is 0 Å². The summed E-state index contributed by atoms with van der Waals surface area (Å²) < 4.78 is 3.74. The average molecular weight is 258 g/mol. The summed E-state index contributed by atoms with van der Waals surface area (Å²) in [6.07, 6.45) is 5.79. The topological polar surface area (TPSA) is 41.3 Å². The second-order valence-corrected chi connectivity index (χ2v) is 5.45. The number of halogens is 1. The summed E-state index contributed by atoms with van der Waals surface area (Å²) in [5.74, 6) is 0.743. The van der Waals surface area contributed by atoms with Crippen LogP contribution < -0.4 is 0 Å². The van der Waals surface area contributed by atoms with Crippen LogP contribution in [0.3, 0.4) is 0 Å². The van der Waals surface area contributed by atoms with E-state index < -0.39 is 5.60 Å². The molecule has 17 heavy (non-hydrogen) atoms. The van der Waals surface area contributed by atoms with E-state index in [9.17, 15) is 5.11 Å². The zero-order valence-electron chi connectivity index (χ0n) is 10.6. The summed E-state index contributed by atoms with van der Waals surface area (Å²) in [7, 11) is 1.92. The van der Waals surface area contributed by atoms with Gasteiger partial charge in [-0.1, -0.05) is 6.92 Å². The second kappa shape index (κ2) is 4.59. The van der Waals surface area contributed by atoms with Crippen molar-refractivity contribution in [3.8, 4) is 0 Å². The van der Waals surface area contributed by atoms with E-state index in [0.29, 0.717) is 12.8 Å². The minimum absolute atomic E-state index is 0.150. The molecule has 0 aliphatic carbocycles. The summed E-state index contributed by atoms with van der Waals surface area (Å²) in [6.45, 7) is 4.14. The minimum Gasteiger partial charge on any atom is -0.382 e. The van der Waals surface area contributed by atoms with E-state index in [1.807, 2.05) is 29.2 Å². The van der Waals surface area contributed by atoms with E-state index in [1.165, 1.54) is 0 Å². The van der Waals surface area contributed by atoms with Crippen LogP contribution in [0.25, 0.3) is 0 Å². The number of aliphatic hydroxyl groups is 1. The standard InChI is InChI=1S/C12H20ClN3O/c1-4-10-8-12(17,7-9(2)16(10)13)11-14-5-6-15(11)3/h5-6,9-10,17H,4,7-8H2,1-3H3. The Balaban J connectivity index is 2.30. The van der Waals surface area contributed by atoms with E-state index in [2.05, 4.69) is 11.9 Å². The van der Waals surface area contributed by atoms with Crippen LogP contribution >= 0.6 is 11.8 Å². The number of hydrogen-bond acceptors (Lipinski definition) is 3. The molecule has 1 aromatic rings. The van der Waals surface area contributed by atoms with Gasteiger partial charge in [-0.2, -0.15) is 0 Å². The molecule has 1 aromatic heterocycles. The van der Waals surface area contributed by atoms with Crippen LogP contribution in [0.5, 0.6) is 0 Å². The van der Waals surface area contributed by atoms with Crippen LogP contribution in [0.4, 0.5) is 0 Å². The summed E-state index contributed by atoms with van der Waals surface area (Å²) in [5.41, 5.74) is -0.857. The molecule has 1 fully saturated rings. The molecule has 1 aliphatic rings. The van der Waals surface area contributed by atoms with Crippen molar-refractivity contribution in [2.75, 3.05) is 0 Å². The summed E-state index contributed by atoms with van der Waals surface area (Å²) in [4.78, 5) is 4.29. The van der Waals surface area contributed by atoms with E-state index in [1.54, 1.807) is 6.20 Å². The summed E-state index contributed by atoms with van der Waals surface area (Å²) >= 11 is 6.26. The third-order valence-corrected chi connectivity index (χ3v) is 4.29. The highest BCUT2D eigenvalue weighted by atomic mass is 35.5. The molecule has 96 valence electrons. The van der Waals surface area contributed by atoms with Crippen LogP contribution in [0.1, 0.15) is 38.9 Å². The number of aryl methyl sites for hydroxylation is 1. The third-order valence-electron chi connectivity index (χ3n) is 3.68. The maximum Gasteiger partial charge on any atom is 0.140 e. The molecule has 3 unspecified atom stereocenters. The van der Waals surface area contributed by atoms with Crippen molar-refractivity contribution < 1.29 is 5.11 Å². The van der Waals surface area contributed by atoms with Gasteiger partial charge in [-0.3, -0.25) is 0 Å². The fourth-order valence-electron chi connectivity index (χ4n) is 2.81. The smallest absolute Gasteiger partial charge is 0.140 e. The molecule has 0 spiro atoms. The molecule has 0 amide bonds. The molecule has 1 aliphatic heterocycles. The Bertz CT molecular complexity index is 395. The van der Waals surface area contributed by atoms with Gasteiger partial charge in [0.25, 0.3) is 0 Å². The largest absolute Gasteiger partial charge is 0.382 e. The van der Waals surface area contributed by atoms with Crippen molar-refractivity contribution in [2.45, 2.75) is 50.8 Å². The highest BCUT2D eigenvalue weighted by Crippen LogP contribution is 2.39. The Morgan fingerprint density at radius 1 is 1.59 bits per heavy atom. The normalized spacial score (nSPS) is 35.1. The molecule has 0 saturated carbocycles. The highest BCUT2D eigenvalue weighted by Gasteiger charge is 2.44. The SMILES string of the molecule is CCC1CC(O)(c2nccn2C)CC(C)N1Cl. The van der Waals surface area contributed by atoms with Crippen LogP contribution in [-0.2, 0) is 12.6 Å². The molecular weight excluding hydrogens is 238 g/mol. The van der Waals surface area contributed by atoms with Gasteiger partial charge in [0.15, 0.2) is 0 Å². The van der Waals surface area contributed by atoms with Crippen molar-refractivity contribution in [3.05, 3.63) is 18.2 Å². The number of imidazole rings is 1. The highest BCUT2D eigenvalue weighted by molar-refractivity contribution is 6.13. The van der Waals surface area contributed by atoms with Crippen molar-refractivity contribution in [2.24, 2.45) is 7.05 Å². The first-order valence-electron chi connectivity index (χ1n) is 6.12. The Morgan fingerprint density at radius 3 is 2.82 bits per heavy atom. The van der Waals surface area contributed by atoms with Crippen molar-refractivity contribution in [3.63, 3.8) is 0 Å². The quantitative estimate of drug-likeness (QED) is 0.825. The fraction of sp³-hybridized carbons (Fsp3) is 0.750. The number of aromatic nitrogens is 2. The third kappa shape index (κ3) is 2.21. The van der Waals surface area contributed by atoms with Gasteiger partial charge in [0.1, 0.15) is 11.4 Å². The molecule has 2 heterocycles. The lowest BCUT2D eigenvalue weighted by atomic mass is 9.82. The van der Waals surface area contributed by atoms with E-state index in [4.69, 9.17) is 11.8 Å². The number of piperidine rings is 1.